The van der Waals surface area contributed by atoms with E-state index in [0.717, 1.165) is 25.7 Å². The summed E-state index contributed by atoms with van der Waals surface area (Å²) in [6.07, 6.45) is 5.59. The Morgan fingerprint density at radius 1 is 1.29 bits per heavy atom. The molecule has 0 saturated heterocycles. The molecule has 0 atom stereocenters. The molecule has 80 valence electrons. The molecule has 1 fully saturated rings. The Labute approximate surface area is 108 Å². The number of hydrogen-bond acceptors (Lipinski definition) is 4. The number of rotatable bonds is 4. The molecule has 6 heteroatoms. The van der Waals surface area contributed by atoms with E-state index < -0.39 is 10.1 Å². The van der Waals surface area contributed by atoms with Crippen molar-refractivity contribution in [2.24, 2.45) is 0 Å². The van der Waals surface area contributed by atoms with Gasteiger partial charge < -0.3 is 0 Å². The zero-order valence-electron chi connectivity index (χ0n) is 7.95. The van der Waals surface area contributed by atoms with E-state index in [1.807, 2.05) is 0 Å². The van der Waals surface area contributed by atoms with Crippen molar-refractivity contribution in [3.05, 3.63) is 0 Å². The summed E-state index contributed by atoms with van der Waals surface area (Å²) in [7, 11) is -3.33. The number of hydroxylamine groups is 1. The molecule has 0 unspecified atom stereocenters. The van der Waals surface area contributed by atoms with Gasteiger partial charge in [0.2, 0.25) is 0 Å². The number of hydrogen-bond donors (Lipinski definition) is 1. The van der Waals surface area contributed by atoms with E-state index in [-0.39, 0.29) is 41.4 Å². The van der Waals surface area contributed by atoms with Crippen LogP contribution in [0.1, 0.15) is 39.0 Å². The van der Waals surface area contributed by atoms with Gasteiger partial charge in [0.1, 0.15) is 0 Å². The van der Waals surface area contributed by atoms with Gasteiger partial charge in [0, 0.05) is 6.04 Å². The Morgan fingerprint density at radius 3 is 2.36 bits per heavy atom. The van der Waals surface area contributed by atoms with Gasteiger partial charge in [0.05, 0.1) is 5.75 Å². The quantitative estimate of drug-likeness (QED) is 0.567. The molecule has 0 bridgehead atoms. The number of nitrogens with one attached hydrogen (secondary N) is 1. The molecule has 0 aliphatic heterocycles. The molecule has 0 spiro atoms. The summed E-state index contributed by atoms with van der Waals surface area (Å²) in [6, 6.07) is 0.218. The third kappa shape index (κ3) is 5.68. The van der Waals surface area contributed by atoms with Crippen molar-refractivity contribution in [3.8, 4) is 0 Å². The van der Waals surface area contributed by atoms with Crippen LogP contribution in [0.15, 0.2) is 0 Å². The predicted molar refractivity (Wildman–Crippen MR) is 57.7 cm³/mol. The molecule has 0 heterocycles. The van der Waals surface area contributed by atoms with Gasteiger partial charge in [-0.1, -0.05) is 19.3 Å². The van der Waals surface area contributed by atoms with Crippen LogP contribution in [0, 0.1) is 0 Å². The van der Waals surface area contributed by atoms with Crippen molar-refractivity contribution >= 4 is 39.7 Å². The summed E-state index contributed by atoms with van der Waals surface area (Å²) in [5.41, 5.74) is 2.62. The Kier molecular flexibility index (Phi) is 7.64. The summed E-state index contributed by atoms with van der Waals surface area (Å²) in [6.45, 7) is 1.57. The zero-order valence-corrected chi connectivity index (χ0v) is 8.77. The van der Waals surface area contributed by atoms with E-state index in [4.69, 9.17) is 0 Å². The monoisotopic (exact) mass is 231 g/mol. The molecule has 0 aromatic rings. The fourth-order valence-corrected chi connectivity index (χ4v) is 1.82. The third-order valence-corrected chi connectivity index (χ3v) is 3.36. The van der Waals surface area contributed by atoms with Crippen molar-refractivity contribution in [2.75, 3.05) is 5.75 Å². The molecule has 0 aromatic carbocycles. The maximum atomic E-state index is 11.0. The first-order valence-corrected chi connectivity index (χ1v) is 6.38. The minimum atomic E-state index is -3.33. The molecular weight excluding hydrogens is 213 g/mol. The van der Waals surface area contributed by atoms with Crippen molar-refractivity contribution < 1.29 is 12.7 Å². The van der Waals surface area contributed by atoms with Crippen LogP contribution in [0.2, 0.25) is 0 Å². The molecule has 1 aliphatic carbocycles. The Balaban J connectivity index is 0.00000169. The van der Waals surface area contributed by atoms with Gasteiger partial charge in [-0.3, -0.25) is 0 Å². The van der Waals surface area contributed by atoms with Crippen LogP contribution in [-0.4, -0.2) is 49.8 Å². The minimum absolute atomic E-state index is 0. The fraction of sp³-hybridized carbons (Fsp3) is 1.00. The van der Waals surface area contributed by atoms with E-state index in [1.165, 1.54) is 6.42 Å². The molecule has 0 amide bonds. The first kappa shape index (κ1) is 14.9. The van der Waals surface area contributed by atoms with E-state index in [9.17, 15) is 8.42 Å². The summed E-state index contributed by atoms with van der Waals surface area (Å²) >= 11 is 0. The topological polar surface area (TPSA) is 55.4 Å². The van der Waals surface area contributed by atoms with Crippen molar-refractivity contribution in [1.82, 2.24) is 5.48 Å². The van der Waals surface area contributed by atoms with Crippen LogP contribution in [0.25, 0.3) is 0 Å². The molecular formula is C8H18NNaO3S. The Bertz CT molecular complexity index is 237. The average Bonchev–Trinajstić information content (AvgIpc) is 2.17. The van der Waals surface area contributed by atoms with Crippen molar-refractivity contribution in [3.63, 3.8) is 0 Å². The molecule has 1 saturated carbocycles. The van der Waals surface area contributed by atoms with Gasteiger partial charge >= 0.3 is 29.6 Å². The van der Waals surface area contributed by atoms with Crippen LogP contribution in [0.3, 0.4) is 0 Å². The second-order valence-corrected chi connectivity index (χ2v) is 5.24. The van der Waals surface area contributed by atoms with Crippen LogP contribution in [0.4, 0.5) is 0 Å². The van der Waals surface area contributed by atoms with Crippen LogP contribution >= 0.6 is 0 Å². The molecule has 1 aliphatic rings. The van der Waals surface area contributed by atoms with Gasteiger partial charge in [-0.15, -0.1) is 0 Å². The molecule has 1 rings (SSSR count). The third-order valence-electron chi connectivity index (χ3n) is 2.30. The summed E-state index contributed by atoms with van der Waals surface area (Å²) in [5, 5.41) is 0. The molecule has 1 N–H and O–H groups in total. The van der Waals surface area contributed by atoms with Crippen LogP contribution in [0.5, 0.6) is 0 Å². The van der Waals surface area contributed by atoms with Gasteiger partial charge in [-0.25, -0.2) is 0 Å². The average molecular weight is 231 g/mol. The predicted octanol–water partition coefficient (Wildman–Crippen LogP) is 0.541. The van der Waals surface area contributed by atoms with Gasteiger partial charge in [0.25, 0.3) is 10.1 Å². The van der Waals surface area contributed by atoms with Gasteiger partial charge in [0.15, 0.2) is 0 Å². The molecule has 0 radical (unpaired) electrons. The zero-order chi connectivity index (χ0) is 9.73. The maximum absolute atomic E-state index is 11.0. The SMILES string of the molecule is CCS(=O)(=O)ONC1CCCCC1.[NaH]. The van der Waals surface area contributed by atoms with Crippen molar-refractivity contribution in [2.45, 2.75) is 45.1 Å². The normalized spacial score (nSPS) is 18.9. The fourth-order valence-electron chi connectivity index (χ4n) is 1.42. The van der Waals surface area contributed by atoms with Crippen molar-refractivity contribution in [1.29, 1.82) is 0 Å². The van der Waals surface area contributed by atoms with E-state index in [0.29, 0.717) is 0 Å². The van der Waals surface area contributed by atoms with Crippen LogP contribution in [-0.2, 0) is 14.4 Å². The van der Waals surface area contributed by atoms with Gasteiger partial charge in [-0.2, -0.15) is 18.2 Å². The first-order valence-electron chi connectivity index (χ1n) is 4.81. The standard InChI is InChI=1S/C8H17NO3S.Na.H/c1-2-13(10,11)12-9-8-6-4-3-5-7-8;;/h8-9H,2-7H2,1H3;;. The van der Waals surface area contributed by atoms with Gasteiger partial charge in [-0.05, 0) is 19.8 Å². The molecule has 4 nitrogen and oxygen atoms in total. The Hall–Kier alpha value is 0.870. The molecule has 0 aromatic heterocycles. The van der Waals surface area contributed by atoms with E-state index in [2.05, 4.69) is 9.76 Å². The summed E-state index contributed by atoms with van der Waals surface area (Å²) < 4.78 is 26.6. The van der Waals surface area contributed by atoms with E-state index in [1.54, 1.807) is 6.92 Å². The second kappa shape index (κ2) is 7.19. The molecule has 14 heavy (non-hydrogen) atoms. The van der Waals surface area contributed by atoms with Crippen LogP contribution < -0.4 is 5.48 Å². The Morgan fingerprint density at radius 2 is 1.86 bits per heavy atom. The summed E-state index contributed by atoms with van der Waals surface area (Å²) in [5.74, 6) is 0.0206. The first-order chi connectivity index (χ1) is 6.14. The second-order valence-electron chi connectivity index (χ2n) is 3.38. The van der Waals surface area contributed by atoms with E-state index >= 15 is 0 Å². The summed E-state index contributed by atoms with van der Waals surface area (Å²) in [4.78, 5) is 0.